The molecule has 4 rings (SSSR count). The molecular formula is C21H23N7O2. The van der Waals surface area contributed by atoms with Crippen molar-refractivity contribution in [1.82, 2.24) is 29.3 Å². The third kappa shape index (κ3) is 3.18. The summed E-state index contributed by atoms with van der Waals surface area (Å²) in [4.78, 5) is 34.6. The number of aryl methyl sites for hydroxylation is 2. The molecule has 0 fully saturated rings. The van der Waals surface area contributed by atoms with Gasteiger partial charge in [-0.15, -0.1) is 0 Å². The van der Waals surface area contributed by atoms with Crippen LogP contribution in [0.3, 0.4) is 0 Å². The van der Waals surface area contributed by atoms with Crippen LogP contribution in [-0.2, 0) is 6.54 Å². The molecule has 0 aliphatic rings. The second-order valence-corrected chi connectivity index (χ2v) is 7.33. The molecule has 3 aromatic heterocycles. The van der Waals surface area contributed by atoms with Crippen molar-refractivity contribution < 1.29 is 4.79 Å². The van der Waals surface area contributed by atoms with Gasteiger partial charge >= 0.3 is 0 Å². The summed E-state index contributed by atoms with van der Waals surface area (Å²) < 4.78 is 3.12. The number of rotatable bonds is 3. The van der Waals surface area contributed by atoms with Crippen LogP contribution in [0.4, 0.5) is 0 Å². The molecule has 3 heterocycles. The zero-order chi connectivity index (χ0) is 21.6. The lowest BCUT2D eigenvalue weighted by Crippen LogP contribution is -2.20. The Hall–Kier alpha value is -3.75. The van der Waals surface area contributed by atoms with E-state index in [4.69, 9.17) is 0 Å². The molecule has 4 aromatic rings. The molecule has 1 N–H and O–H groups in total. The topological polar surface area (TPSA) is 101 Å². The first-order chi connectivity index (χ1) is 14.3. The van der Waals surface area contributed by atoms with Crippen LogP contribution in [0, 0.1) is 6.92 Å². The van der Waals surface area contributed by atoms with Gasteiger partial charge in [-0.25, -0.2) is 0 Å². The van der Waals surface area contributed by atoms with E-state index in [-0.39, 0.29) is 11.1 Å². The van der Waals surface area contributed by atoms with Crippen LogP contribution in [-0.4, -0.2) is 55.1 Å². The first kappa shape index (κ1) is 19.6. The van der Waals surface area contributed by atoms with Crippen molar-refractivity contribution in [3.05, 3.63) is 52.1 Å². The third-order valence-corrected chi connectivity index (χ3v) is 5.17. The van der Waals surface area contributed by atoms with E-state index in [1.807, 2.05) is 43.9 Å². The summed E-state index contributed by atoms with van der Waals surface area (Å²) in [5.74, 6) is 0.122. The fourth-order valence-corrected chi connectivity index (χ4v) is 3.37. The molecule has 0 saturated heterocycles. The number of hydrogen-bond acceptors (Lipinski definition) is 4. The molecular weight excluding hydrogens is 382 g/mol. The fraction of sp³-hybridized carbons (Fsp3) is 0.286. The zero-order valence-electron chi connectivity index (χ0n) is 17.6. The predicted molar refractivity (Wildman–Crippen MR) is 116 cm³/mol. The van der Waals surface area contributed by atoms with E-state index in [9.17, 15) is 9.59 Å². The average Bonchev–Trinajstić information content (AvgIpc) is 3.27. The molecule has 30 heavy (non-hydrogen) atoms. The van der Waals surface area contributed by atoms with Crippen LogP contribution in [0.1, 0.15) is 29.9 Å². The summed E-state index contributed by atoms with van der Waals surface area (Å²) in [6.07, 6.45) is 1.80. The highest BCUT2D eigenvalue weighted by atomic mass is 16.1. The lowest BCUT2D eigenvalue weighted by Gasteiger charge is -2.10. The van der Waals surface area contributed by atoms with E-state index < -0.39 is 5.91 Å². The molecule has 0 aliphatic carbocycles. The summed E-state index contributed by atoms with van der Waals surface area (Å²) in [5, 5.41) is 9.58. The van der Waals surface area contributed by atoms with Crippen LogP contribution < -0.4 is 5.56 Å². The van der Waals surface area contributed by atoms with Gasteiger partial charge in [0.2, 0.25) is 0 Å². The lowest BCUT2D eigenvalue weighted by atomic mass is 10.1. The fourth-order valence-electron chi connectivity index (χ4n) is 3.37. The molecule has 0 bridgehead atoms. The number of nitrogens with zero attached hydrogens (tertiary/aromatic N) is 6. The van der Waals surface area contributed by atoms with Gasteiger partial charge in [0.05, 0.1) is 23.1 Å². The number of aromatic nitrogens is 5. The number of carbonyl (C=O) groups is 1. The Kier molecular flexibility index (Phi) is 4.73. The van der Waals surface area contributed by atoms with Crippen LogP contribution in [0.2, 0.25) is 0 Å². The average molecular weight is 405 g/mol. The van der Waals surface area contributed by atoms with Gasteiger partial charge in [0, 0.05) is 32.1 Å². The number of aliphatic imine (C=N–C) groups is 1. The Morgan fingerprint density at radius 1 is 1.27 bits per heavy atom. The maximum absolute atomic E-state index is 12.8. The number of amidine groups is 1. The standard InChI is InChI=1S/C21H23N7O2/c1-6-27-17-8-7-14(9-15(17)11-22-27)16-10-18(29)28-20(24-16)19(12(2)25-28)21(30)23-13(3)26(4)5/h7-11,24H,6H2,1-5H3. The van der Waals surface area contributed by atoms with E-state index in [1.165, 1.54) is 10.6 Å². The van der Waals surface area contributed by atoms with Gasteiger partial charge < -0.3 is 9.88 Å². The molecule has 154 valence electrons. The van der Waals surface area contributed by atoms with Crippen molar-refractivity contribution in [2.24, 2.45) is 4.99 Å². The summed E-state index contributed by atoms with van der Waals surface area (Å²) in [7, 11) is 3.62. The van der Waals surface area contributed by atoms with Gasteiger partial charge in [0.1, 0.15) is 11.4 Å². The van der Waals surface area contributed by atoms with Gasteiger partial charge in [0.15, 0.2) is 5.65 Å². The monoisotopic (exact) mass is 405 g/mol. The van der Waals surface area contributed by atoms with E-state index in [0.29, 0.717) is 22.9 Å². The first-order valence-corrected chi connectivity index (χ1v) is 9.65. The molecule has 0 radical (unpaired) electrons. The van der Waals surface area contributed by atoms with Crippen molar-refractivity contribution >= 4 is 28.3 Å². The minimum Gasteiger partial charge on any atom is -0.366 e. The van der Waals surface area contributed by atoms with Crippen molar-refractivity contribution in [2.45, 2.75) is 27.3 Å². The van der Waals surface area contributed by atoms with Crippen molar-refractivity contribution in [3.8, 4) is 11.3 Å². The van der Waals surface area contributed by atoms with Crippen LogP contribution >= 0.6 is 0 Å². The highest BCUT2D eigenvalue weighted by Crippen LogP contribution is 2.24. The van der Waals surface area contributed by atoms with E-state index in [0.717, 1.165) is 23.0 Å². The van der Waals surface area contributed by atoms with Gasteiger partial charge in [-0.1, -0.05) is 6.07 Å². The molecule has 1 amide bonds. The number of carbonyl (C=O) groups excluding carboxylic acids is 1. The Morgan fingerprint density at radius 3 is 2.73 bits per heavy atom. The number of fused-ring (bicyclic) bond motifs is 2. The molecule has 9 heteroatoms. The number of aromatic amines is 1. The number of hydrogen-bond donors (Lipinski definition) is 1. The number of H-pyrrole nitrogens is 1. The van der Waals surface area contributed by atoms with Crippen molar-refractivity contribution in [2.75, 3.05) is 14.1 Å². The second-order valence-electron chi connectivity index (χ2n) is 7.33. The molecule has 0 spiro atoms. The first-order valence-electron chi connectivity index (χ1n) is 9.65. The maximum Gasteiger partial charge on any atom is 0.284 e. The van der Waals surface area contributed by atoms with Crippen LogP contribution in [0.5, 0.6) is 0 Å². The predicted octanol–water partition coefficient (Wildman–Crippen LogP) is 2.49. The van der Waals surface area contributed by atoms with Crippen LogP contribution in [0.15, 0.2) is 40.2 Å². The normalized spacial score (nSPS) is 12.1. The SMILES string of the molecule is CCn1ncc2cc(-c3cc(=O)n4nc(C)c(C(=O)N=C(C)N(C)C)c4[nH]3)ccc21. The Balaban J connectivity index is 1.88. The van der Waals surface area contributed by atoms with Crippen LogP contribution in [0.25, 0.3) is 27.8 Å². The molecule has 0 unspecified atom stereocenters. The quantitative estimate of drug-likeness (QED) is 0.417. The Morgan fingerprint density at radius 2 is 2.03 bits per heavy atom. The number of nitrogens with one attached hydrogen (secondary N) is 1. The molecule has 0 saturated carbocycles. The summed E-state index contributed by atoms with van der Waals surface area (Å²) in [6, 6.07) is 7.35. The van der Waals surface area contributed by atoms with Gasteiger partial charge in [-0.2, -0.15) is 19.7 Å². The summed E-state index contributed by atoms with van der Waals surface area (Å²) in [5.41, 5.74) is 3.19. The Labute approximate surface area is 172 Å². The summed E-state index contributed by atoms with van der Waals surface area (Å²) >= 11 is 0. The van der Waals surface area contributed by atoms with E-state index in [2.05, 4.69) is 20.2 Å². The van der Waals surface area contributed by atoms with E-state index in [1.54, 1.807) is 24.9 Å². The minimum absolute atomic E-state index is 0.287. The largest absolute Gasteiger partial charge is 0.366 e. The number of amides is 1. The second kappa shape index (κ2) is 7.25. The van der Waals surface area contributed by atoms with Gasteiger partial charge in [-0.05, 0) is 38.5 Å². The smallest absolute Gasteiger partial charge is 0.284 e. The zero-order valence-corrected chi connectivity index (χ0v) is 17.6. The number of benzene rings is 1. The third-order valence-electron chi connectivity index (χ3n) is 5.17. The molecule has 0 aliphatic heterocycles. The van der Waals surface area contributed by atoms with Gasteiger partial charge in [-0.3, -0.25) is 14.3 Å². The highest BCUT2D eigenvalue weighted by Gasteiger charge is 2.20. The van der Waals surface area contributed by atoms with E-state index >= 15 is 0 Å². The molecule has 0 atom stereocenters. The molecule has 9 nitrogen and oxygen atoms in total. The minimum atomic E-state index is -0.443. The Bertz CT molecular complexity index is 1370. The van der Waals surface area contributed by atoms with Gasteiger partial charge in [0.25, 0.3) is 11.5 Å². The highest BCUT2D eigenvalue weighted by molar-refractivity contribution is 6.07. The lowest BCUT2D eigenvalue weighted by molar-refractivity contribution is 0.100. The maximum atomic E-state index is 12.8. The summed E-state index contributed by atoms with van der Waals surface area (Å²) in [6.45, 7) is 6.25. The van der Waals surface area contributed by atoms with Crippen molar-refractivity contribution in [1.29, 1.82) is 0 Å². The van der Waals surface area contributed by atoms with Crippen molar-refractivity contribution in [3.63, 3.8) is 0 Å². The molecule has 1 aromatic carbocycles.